The maximum absolute atomic E-state index is 13.2. The molecule has 4 nitrogen and oxygen atoms in total. The second kappa shape index (κ2) is 9.39. The molecule has 1 heterocycles. The van der Waals surface area contributed by atoms with Gasteiger partial charge in [0.1, 0.15) is 6.54 Å². The molecule has 1 N–H and O–H groups in total. The van der Waals surface area contributed by atoms with Gasteiger partial charge < -0.3 is 9.80 Å². The lowest BCUT2D eigenvalue weighted by Crippen LogP contribution is -3.13. The molecule has 1 saturated heterocycles. The molecule has 30 heavy (non-hydrogen) atoms. The standard InChI is InChI=1S/C26H25N3O/c27-19-22-10-12-23(13-11-22)20-28-14-16-29(17-15-28)26(30)25-9-5-4-8-24(25)18-21-6-2-1-3-7-21/h1-13H,14-18,20H2/p+1. The fourth-order valence-electron chi connectivity index (χ4n) is 4.06. The van der Waals surface area contributed by atoms with Crippen molar-refractivity contribution in [1.82, 2.24) is 4.90 Å². The second-order valence-corrected chi connectivity index (χ2v) is 7.85. The molecule has 3 aromatic carbocycles. The first-order valence-corrected chi connectivity index (χ1v) is 10.5. The summed E-state index contributed by atoms with van der Waals surface area (Å²) < 4.78 is 0. The highest BCUT2D eigenvalue weighted by molar-refractivity contribution is 5.95. The fraction of sp³-hybridized carbons (Fsp3) is 0.231. The number of quaternary nitrogens is 1. The summed E-state index contributed by atoms with van der Waals surface area (Å²) in [5.41, 5.74) is 5.04. The van der Waals surface area contributed by atoms with Crippen LogP contribution < -0.4 is 4.90 Å². The summed E-state index contributed by atoms with van der Waals surface area (Å²) in [7, 11) is 0. The molecule has 1 fully saturated rings. The zero-order valence-electron chi connectivity index (χ0n) is 17.1. The molecule has 0 spiro atoms. The van der Waals surface area contributed by atoms with E-state index in [9.17, 15) is 4.79 Å². The Kier molecular flexibility index (Phi) is 6.22. The Morgan fingerprint density at radius 2 is 1.53 bits per heavy atom. The van der Waals surface area contributed by atoms with Gasteiger partial charge in [-0.25, -0.2) is 0 Å². The van der Waals surface area contributed by atoms with Gasteiger partial charge in [0.15, 0.2) is 0 Å². The van der Waals surface area contributed by atoms with Crippen LogP contribution in [0.2, 0.25) is 0 Å². The normalized spacial score (nSPS) is 14.3. The van der Waals surface area contributed by atoms with E-state index in [2.05, 4.69) is 24.3 Å². The van der Waals surface area contributed by atoms with Gasteiger partial charge in [0, 0.05) is 11.1 Å². The Bertz CT molecular complexity index is 1030. The number of nitrogens with zero attached hydrogens (tertiary/aromatic N) is 2. The summed E-state index contributed by atoms with van der Waals surface area (Å²) in [5, 5.41) is 8.93. The van der Waals surface area contributed by atoms with E-state index in [4.69, 9.17) is 5.26 Å². The van der Waals surface area contributed by atoms with Crippen LogP contribution in [0.5, 0.6) is 0 Å². The summed E-state index contributed by atoms with van der Waals surface area (Å²) in [6, 6.07) is 28.2. The molecule has 0 unspecified atom stereocenters. The molecule has 3 aromatic rings. The molecule has 1 amide bonds. The number of amides is 1. The van der Waals surface area contributed by atoms with Crippen LogP contribution in [0.25, 0.3) is 0 Å². The van der Waals surface area contributed by atoms with Gasteiger partial charge in [-0.15, -0.1) is 0 Å². The van der Waals surface area contributed by atoms with Crippen LogP contribution in [-0.2, 0) is 13.0 Å². The third kappa shape index (κ3) is 4.76. The van der Waals surface area contributed by atoms with Gasteiger partial charge in [-0.1, -0.05) is 60.7 Å². The van der Waals surface area contributed by atoms with Gasteiger partial charge in [-0.05, 0) is 35.7 Å². The summed E-state index contributed by atoms with van der Waals surface area (Å²) in [6.45, 7) is 4.34. The number of hydrogen-bond acceptors (Lipinski definition) is 2. The van der Waals surface area contributed by atoms with E-state index < -0.39 is 0 Å². The van der Waals surface area contributed by atoms with Crippen LogP contribution in [0.4, 0.5) is 0 Å². The summed E-state index contributed by atoms with van der Waals surface area (Å²) >= 11 is 0. The summed E-state index contributed by atoms with van der Waals surface area (Å²) in [4.78, 5) is 16.7. The number of carbonyl (C=O) groups is 1. The van der Waals surface area contributed by atoms with Crippen molar-refractivity contribution in [2.24, 2.45) is 0 Å². The van der Waals surface area contributed by atoms with E-state index in [1.165, 1.54) is 16.0 Å². The van der Waals surface area contributed by atoms with E-state index >= 15 is 0 Å². The van der Waals surface area contributed by atoms with Gasteiger partial charge in [0.25, 0.3) is 5.91 Å². The smallest absolute Gasteiger partial charge is 0.254 e. The average molecular weight is 397 g/mol. The van der Waals surface area contributed by atoms with Gasteiger partial charge in [0.05, 0.1) is 37.8 Å². The molecule has 1 aliphatic heterocycles. The van der Waals surface area contributed by atoms with Gasteiger partial charge >= 0.3 is 0 Å². The molecule has 0 aromatic heterocycles. The molecule has 150 valence electrons. The predicted molar refractivity (Wildman–Crippen MR) is 117 cm³/mol. The molecule has 0 atom stereocenters. The van der Waals surface area contributed by atoms with Crippen molar-refractivity contribution in [3.8, 4) is 6.07 Å². The lowest BCUT2D eigenvalue weighted by atomic mass is 9.99. The van der Waals surface area contributed by atoms with E-state index in [1.54, 1.807) is 0 Å². The third-order valence-electron chi connectivity index (χ3n) is 5.78. The fourth-order valence-corrected chi connectivity index (χ4v) is 4.06. The minimum Gasteiger partial charge on any atom is -0.328 e. The zero-order valence-corrected chi connectivity index (χ0v) is 17.1. The average Bonchev–Trinajstić information content (AvgIpc) is 2.81. The highest BCUT2D eigenvalue weighted by atomic mass is 16.2. The number of benzene rings is 3. The first-order valence-electron chi connectivity index (χ1n) is 10.5. The van der Waals surface area contributed by atoms with Crippen molar-refractivity contribution < 1.29 is 9.69 Å². The van der Waals surface area contributed by atoms with Crippen LogP contribution in [0.3, 0.4) is 0 Å². The number of rotatable bonds is 5. The molecule has 4 heteroatoms. The van der Waals surface area contributed by atoms with E-state index in [0.717, 1.165) is 50.3 Å². The predicted octanol–water partition coefficient (Wildman–Crippen LogP) is 2.69. The molecule has 0 bridgehead atoms. The lowest BCUT2D eigenvalue weighted by Gasteiger charge is -2.32. The van der Waals surface area contributed by atoms with Gasteiger partial charge in [-0.3, -0.25) is 4.79 Å². The maximum Gasteiger partial charge on any atom is 0.254 e. The van der Waals surface area contributed by atoms with Crippen LogP contribution in [-0.4, -0.2) is 37.0 Å². The Balaban J connectivity index is 1.38. The van der Waals surface area contributed by atoms with E-state index in [-0.39, 0.29) is 5.91 Å². The molecule has 0 radical (unpaired) electrons. The van der Waals surface area contributed by atoms with E-state index in [0.29, 0.717) is 5.56 Å². The van der Waals surface area contributed by atoms with Gasteiger partial charge in [0.2, 0.25) is 0 Å². The molecule has 0 aliphatic carbocycles. The minimum absolute atomic E-state index is 0.138. The number of nitrogens with one attached hydrogen (secondary N) is 1. The quantitative estimate of drug-likeness (QED) is 0.721. The number of nitriles is 1. The first-order chi connectivity index (χ1) is 14.7. The maximum atomic E-state index is 13.2. The molecular formula is C26H26N3O+. The zero-order chi connectivity index (χ0) is 20.8. The highest BCUT2D eigenvalue weighted by Crippen LogP contribution is 2.16. The molecule has 1 aliphatic rings. The Morgan fingerprint density at radius 3 is 2.23 bits per heavy atom. The number of carbonyl (C=O) groups excluding carboxylic acids is 1. The molecule has 0 saturated carbocycles. The SMILES string of the molecule is N#Cc1ccc(C[NH+]2CCN(C(=O)c3ccccc3Cc3ccccc3)CC2)cc1. The third-order valence-corrected chi connectivity index (χ3v) is 5.78. The van der Waals surface area contributed by atoms with Crippen molar-refractivity contribution in [3.05, 3.63) is 107 Å². The largest absolute Gasteiger partial charge is 0.328 e. The monoisotopic (exact) mass is 396 g/mol. The van der Waals surface area contributed by atoms with Crippen molar-refractivity contribution in [1.29, 1.82) is 5.26 Å². The Morgan fingerprint density at radius 1 is 0.867 bits per heavy atom. The van der Waals surface area contributed by atoms with Crippen molar-refractivity contribution in [2.45, 2.75) is 13.0 Å². The van der Waals surface area contributed by atoms with Crippen molar-refractivity contribution in [3.63, 3.8) is 0 Å². The molecular weight excluding hydrogens is 370 g/mol. The number of hydrogen-bond donors (Lipinski definition) is 1. The Labute approximate surface area is 178 Å². The highest BCUT2D eigenvalue weighted by Gasteiger charge is 2.25. The van der Waals surface area contributed by atoms with Crippen molar-refractivity contribution in [2.75, 3.05) is 26.2 Å². The van der Waals surface area contributed by atoms with Gasteiger partial charge in [-0.2, -0.15) is 5.26 Å². The van der Waals surface area contributed by atoms with E-state index in [1.807, 2.05) is 65.6 Å². The molecule has 4 rings (SSSR count). The first kappa shape index (κ1) is 19.9. The Hall–Kier alpha value is -3.42. The van der Waals surface area contributed by atoms with Crippen LogP contribution in [0, 0.1) is 11.3 Å². The van der Waals surface area contributed by atoms with Crippen molar-refractivity contribution >= 4 is 5.91 Å². The van der Waals surface area contributed by atoms with Crippen LogP contribution in [0.15, 0.2) is 78.9 Å². The minimum atomic E-state index is 0.138. The summed E-state index contributed by atoms with van der Waals surface area (Å²) in [6.07, 6.45) is 0.770. The second-order valence-electron chi connectivity index (χ2n) is 7.85. The lowest BCUT2D eigenvalue weighted by molar-refractivity contribution is -0.917. The van der Waals surface area contributed by atoms with Crippen LogP contribution >= 0.6 is 0 Å². The summed E-state index contributed by atoms with van der Waals surface area (Å²) in [5.74, 6) is 0.138. The number of piperazine rings is 1. The van der Waals surface area contributed by atoms with Crippen LogP contribution in [0.1, 0.15) is 32.6 Å². The topological polar surface area (TPSA) is 48.5 Å².